The van der Waals surface area contributed by atoms with Crippen molar-refractivity contribution in [2.75, 3.05) is 5.32 Å². The Kier molecular flexibility index (Phi) is 4.21. The van der Waals surface area contributed by atoms with Gasteiger partial charge in [-0.2, -0.15) is 13.2 Å². The largest absolute Gasteiger partial charge is 0.416 e. The number of alkyl halides is 3. The van der Waals surface area contributed by atoms with Gasteiger partial charge < -0.3 is 11.1 Å². The van der Waals surface area contributed by atoms with Crippen LogP contribution in [0.25, 0.3) is 0 Å². The van der Waals surface area contributed by atoms with Gasteiger partial charge in [-0.25, -0.2) is 0 Å². The summed E-state index contributed by atoms with van der Waals surface area (Å²) in [7, 11) is 0. The van der Waals surface area contributed by atoms with Gasteiger partial charge in [0, 0.05) is 11.7 Å². The maximum atomic E-state index is 12.5. The Balaban J connectivity index is 3.17. The van der Waals surface area contributed by atoms with Gasteiger partial charge in [-0.3, -0.25) is 4.79 Å². The van der Waals surface area contributed by atoms with Crippen LogP contribution in [0.3, 0.4) is 0 Å². The first-order valence-corrected chi connectivity index (χ1v) is 5.53. The Morgan fingerprint density at radius 3 is 2.50 bits per heavy atom. The first kappa shape index (κ1) is 14.3. The van der Waals surface area contributed by atoms with Crippen molar-refractivity contribution in [3.8, 4) is 0 Å². The third-order valence-electron chi connectivity index (χ3n) is 2.63. The van der Waals surface area contributed by atoms with Crippen molar-refractivity contribution in [1.29, 1.82) is 0 Å². The molecule has 0 saturated carbocycles. The summed E-state index contributed by atoms with van der Waals surface area (Å²) in [5.41, 5.74) is 4.39. The third kappa shape index (κ3) is 3.38. The summed E-state index contributed by atoms with van der Waals surface area (Å²) in [6, 6.07) is 2.97. The molecule has 18 heavy (non-hydrogen) atoms. The monoisotopic (exact) mass is 260 g/mol. The molecule has 6 heteroatoms. The molecule has 1 aromatic carbocycles. The van der Waals surface area contributed by atoms with Crippen molar-refractivity contribution in [3.63, 3.8) is 0 Å². The molecule has 0 aliphatic rings. The number of nitrogens with one attached hydrogen (secondary N) is 1. The highest BCUT2D eigenvalue weighted by Gasteiger charge is 2.31. The number of rotatable bonds is 4. The average Bonchev–Trinajstić information content (AvgIpc) is 2.27. The number of carbonyl (C=O) groups is 1. The lowest BCUT2D eigenvalue weighted by molar-refractivity contribution is -0.137. The van der Waals surface area contributed by atoms with Crippen molar-refractivity contribution in [2.45, 2.75) is 32.5 Å². The van der Waals surface area contributed by atoms with Crippen LogP contribution in [0.1, 0.15) is 36.2 Å². The molecule has 1 rings (SSSR count). The highest BCUT2D eigenvalue weighted by Crippen LogP contribution is 2.32. The number of benzene rings is 1. The highest BCUT2D eigenvalue weighted by atomic mass is 19.4. The molecule has 0 heterocycles. The molecule has 0 aromatic heterocycles. The van der Waals surface area contributed by atoms with Crippen LogP contribution in [0.15, 0.2) is 18.2 Å². The zero-order valence-corrected chi connectivity index (χ0v) is 10.1. The van der Waals surface area contributed by atoms with Crippen LogP contribution in [0.2, 0.25) is 0 Å². The molecule has 0 fully saturated rings. The Bertz CT molecular complexity index is 443. The van der Waals surface area contributed by atoms with E-state index in [1.807, 2.05) is 13.8 Å². The van der Waals surface area contributed by atoms with Crippen LogP contribution >= 0.6 is 0 Å². The molecule has 1 atom stereocenters. The number of halogens is 3. The lowest BCUT2D eigenvalue weighted by Gasteiger charge is -2.17. The van der Waals surface area contributed by atoms with Gasteiger partial charge in [0.05, 0.1) is 11.1 Å². The molecule has 1 aromatic rings. The average molecular weight is 260 g/mol. The van der Waals surface area contributed by atoms with Crippen molar-refractivity contribution in [2.24, 2.45) is 5.73 Å². The van der Waals surface area contributed by atoms with Gasteiger partial charge >= 0.3 is 6.18 Å². The summed E-state index contributed by atoms with van der Waals surface area (Å²) in [6.45, 7) is 3.79. The Morgan fingerprint density at radius 1 is 1.44 bits per heavy atom. The molecule has 0 aliphatic carbocycles. The number of amides is 1. The summed E-state index contributed by atoms with van der Waals surface area (Å²) < 4.78 is 37.6. The quantitative estimate of drug-likeness (QED) is 0.874. The second-order valence-corrected chi connectivity index (χ2v) is 4.08. The first-order valence-electron chi connectivity index (χ1n) is 5.53. The smallest absolute Gasteiger partial charge is 0.382 e. The van der Waals surface area contributed by atoms with E-state index >= 15 is 0 Å². The van der Waals surface area contributed by atoms with Crippen LogP contribution in [0.5, 0.6) is 0 Å². The van der Waals surface area contributed by atoms with Crippen molar-refractivity contribution in [1.82, 2.24) is 0 Å². The van der Waals surface area contributed by atoms with Crippen LogP contribution in [0, 0.1) is 0 Å². The molecule has 0 spiro atoms. The number of anilines is 1. The molecule has 0 bridgehead atoms. The van der Waals surface area contributed by atoms with E-state index in [-0.39, 0.29) is 11.6 Å². The van der Waals surface area contributed by atoms with E-state index < -0.39 is 17.6 Å². The Labute approximate surface area is 103 Å². The fourth-order valence-electron chi connectivity index (χ4n) is 1.42. The molecule has 0 saturated heterocycles. The molecule has 0 unspecified atom stereocenters. The topological polar surface area (TPSA) is 55.1 Å². The summed E-state index contributed by atoms with van der Waals surface area (Å²) >= 11 is 0. The van der Waals surface area contributed by atoms with Gasteiger partial charge in [0.1, 0.15) is 0 Å². The predicted octanol–water partition coefficient (Wildman–Crippen LogP) is 3.01. The molecule has 0 aliphatic heterocycles. The number of primary amides is 1. The fourth-order valence-corrected chi connectivity index (χ4v) is 1.42. The second kappa shape index (κ2) is 5.29. The molecule has 100 valence electrons. The maximum Gasteiger partial charge on any atom is 0.416 e. The molecule has 3 nitrogen and oxygen atoms in total. The highest BCUT2D eigenvalue weighted by molar-refractivity contribution is 5.98. The molecular formula is C12H15F3N2O. The zero-order chi connectivity index (χ0) is 13.9. The molecule has 0 radical (unpaired) electrons. The summed E-state index contributed by atoms with van der Waals surface area (Å²) in [6.07, 6.45) is -3.71. The van der Waals surface area contributed by atoms with Crippen molar-refractivity contribution < 1.29 is 18.0 Å². The minimum Gasteiger partial charge on any atom is -0.382 e. The first-order chi connectivity index (χ1) is 8.25. The summed E-state index contributed by atoms with van der Waals surface area (Å²) in [5.74, 6) is -0.882. The lowest BCUT2D eigenvalue weighted by atomic mass is 10.1. The van der Waals surface area contributed by atoms with Crippen molar-refractivity contribution >= 4 is 11.6 Å². The van der Waals surface area contributed by atoms with E-state index in [9.17, 15) is 18.0 Å². The minimum atomic E-state index is -4.49. The van der Waals surface area contributed by atoms with Gasteiger partial charge in [-0.1, -0.05) is 6.92 Å². The van der Waals surface area contributed by atoms with Gasteiger partial charge in [0.25, 0.3) is 5.91 Å². The number of hydrogen-bond acceptors (Lipinski definition) is 2. The molecule has 3 N–H and O–H groups in total. The van der Waals surface area contributed by atoms with Crippen LogP contribution in [-0.4, -0.2) is 11.9 Å². The van der Waals surface area contributed by atoms with E-state index in [4.69, 9.17) is 5.73 Å². The third-order valence-corrected chi connectivity index (χ3v) is 2.63. The molecular weight excluding hydrogens is 245 g/mol. The van der Waals surface area contributed by atoms with Crippen LogP contribution in [0.4, 0.5) is 18.9 Å². The minimum absolute atomic E-state index is 0.0415. The van der Waals surface area contributed by atoms with Gasteiger partial charge in [-0.15, -0.1) is 0 Å². The van der Waals surface area contributed by atoms with E-state index in [1.54, 1.807) is 0 Å². The van der Waals surface area contributed by atoms with E-state index in [0.29, 0.717) is 5.69 Å². The maximum absolute atomic E-state index is 12.5. The van der Waals surface area contributed by atoms with E-state index in [2.05, 4.69) is 5.32 Å². The zero-order valence-electron chi connectivity index (χ0n) is 10.1. The van der Waals surface area contributed by atoms with Gasteiger partial charge in [0.2, 0.25) is 0 Å². The van der Waals surface area contributed by atoms with Gasteiger partial charge in [-0.05, 0) is 31.5 Å². The number of carbonyl (C=O) groups excluding carboxylic acids is 1. The molecule has 1 amide bonds. The van der Waals surface area contributed by atoms with Gasteiger partial charge in [0.15, 0.2) is 0 Å². The van der Waals surface area contributed by atoms with E-state index in [1.165, 1.54) is 6.07 Å². The van der Waals surface area contributed by atoms with Crippen molar-refractivity contribution in [3.05, 3.63) is 29.3 Å². The number of hydrogen-bond donors (Lipinski definition) is 2. The van der Waals surface area contributed by atoms with Crippen LogP contribution in [-0.2, 0) is 6.18 Å². The standard InChI is InChI=1S/C12H15F3N2O/c1-3-7(2)17-10-5-4-8(12(13,14)15)6-9(10)11(16)18/h4-7,17H,3H2,1-2H3,(H2,16,18)/t7-/m1/s1. The normalized spacial score (nSPS) is 13.2. The van der Waals surface area contributed by atoms with Crippen LogP contribution < -0.4 is 11.1 Å². The number of nitrogens with two attached hydrogens (primary N) is 1. The fraction of sp³-hybridized carbons (Fsp3) is 0.417. The lowest BCUT2D eigenvalue weighted by Crippen LogP contribution is -2.20. The SMILES string of the molecule is CC[C@@H](C)Nc1ccc(C(F)(F)F)cc1C(N)=O. The Morgan fingerprint density at radius 2 is 2.06 bits per heavy atom. The summed E-state index contributed by atoms with van der Waals surface area (Å²) in [5, 5.41) is 2.95. The predicted molar refractivity (Wildman–Crippen MR) is 63.3 cm³/mol. The second-order valence-electron chi connectivity index (χ2n) is 4.08. The summed E-state index contributed by atoms with van der Waals surface area (Å²) in [4.78, 5) is 11.2. The van der Waals surface area contributed by atoms with E-state index in [0.717, 1.165) is 18.6 Å². The Hall–Kier alpha value is -1.72.